The molecule has 7 nitrogen and oxygen atoms in total. The van der Waals surface area contributed by atoms with E-state index in [0.29, 0.717) is 5.01 Å². The molecule has 1 fully saturated rings. The summed E-state index contributed by atoms with van der Waals surface area (Å²) in [6, 6.07) is -0.712. The summed E-state index contributed by atoms with van der Waals surface area (Å²) in [5, 5.41) is 1.61. The Morgan fingerprint density at radius 3 is 1.94 bits per heavy atom. The Balaban J connectivity index is 2.74. The van der Waals surface area contributed by atoms with Crippen LogP contribution in [0.2, 0.25) is 0 Å². The molecule has 1 atom stereocenters. The van der Waals surface area contributed by atoms with E-state index in [9.17, 15) is 14.4 Å². The maximum atomic E-state index is 11.7. The Morgan fingerprint density at radius 1 is 1.06 bits per heavy atom. The number of ether oxygens (including phenoxy) is 2. The Morgan fingerprint density at radius 2 is 1.50 bits per heavy atom. The summed E-state index contributed by atoms with van der Waals surface area (Å²) < 4.78 is 9.82. The van der Waals surface area contributed by atoms with Gasteiger partial charge < -0.3 is 9.47 Å². The predicted octanol–water partition coefficient (Wildman–Crippen LogP) is 1.52. The largest absolute Gasteiger partial charge is 0.445 e. The van der Waals surface area contributed by atoms with Crippen LogP contribution in [0, 0.1) is 0 Å². The van der Waals surface area contributed by atoms with E-state index in [0.717, 1.165) is 5.01 Å². The number of nitrogens with zero attached hydrogens (tertiary/aromatic N) is 2. The molecule has 0 aromatic rings. The number of hydrazine groups is 1. The van der Waals surface area contributed by atoms with Crippen molar-refractivity contribution in [3.8, 4) is 0 Å². The Bertz CT molecular complexity index is 366. The van der Waals surface area contributed by atoms with Gasteiger partial charge >= 0.3 is 12.2 Å². The maximum Gasteiger partial charge on any atom is 0.436 e. The lowest BCUT2D eigenvalue weighted by Gasteiger charge is -2.44. The highest BCUT2D eigenvalue weighted by atomic mass is 16.6. The van der Waals surface area contributed by atoms with Gasteiger partial charge in [-0.3, -0.25) is 4.79 Å². The zero-order chi connectivity index (χ0) is 14.0. The highest BCUT2D eigenvalue weighted by Crippen LogP contribution is 2.23. The number of hydrogen-bond donors (Lipinski definition) is 0. The number of rotatable bonds is 2. The molecular weight excluding hydrogens is 240 g/mol. The van der Waals surface area contributed by atoms with E-state index in [-0.39, 0.29) is 12.2 Å². The van der Waals surface area contributed by atoms with E-state index in [1.807, 2.05) is 0 Å². The van der Waals surface area contributed by atoms with Crippen molar-refractivity contribution in [3.63, 3.8) is 0 Å². The fourth-order valence-corrected chi connectivity index (χ4v) is 1.43. The van der Waals surface area contributed by atoms with Crippen LogP contribution < -0.4 is 0 Å². The first-order valence-electron chi connectivity index (χ1n) is 5.80. The molecule has 0 aliphatic carbocycles. The minimum Gasteiger partial charge on any atom is -0.445 e. The predicted molar refractivity (Wildman–Crippen MR) is 61.4 cm³/mol. The maximum absolute atomic E-state index is 11.7. The number of hydrogen-bond acceptors (Lipinski definition) is 5. The van der Waals surface area contributed by atoms with Crippen LogP contribution in [-0.4, -0.2) is 46.4 Å². The lowest BCUT2D eigenvalue weighted by atomic mass is 10.2. The fraction of sp³-hybridized carbons (Fsp3) is 0.727. The summed E-state index contributed by atoms with van der Waals surface area (Å²) in [7, 11) is 0. The van der Waals surface area contributed by atoms with E-state index in [1.54, 1.807) is 27.7 Å². The molecule has 1 heterocycles. The van der Waals surface area contributed by atoms with E-state index >= 15 is 0 Å². The third-order valence-corrected chi connectivity index (χ3v) is 2.18. The molecule has 1 aliphatic rings. The lowest BCUT2D eigenvalue weighted by Crippen LogP contribution is -2.71. The van der Waals surface area contributed by atoms with Crippen LogP contribution in [-0.2, 0) is 14.3 Å². The van der Waals surface area contributed by atoms with Gasteiger partial charge in [0.25, 0.3) is 5.91 Å². The van der Waals surface area contributed by atoms with Gasteiger partial charge in [0.1, 0.15) is 6.04 Å². The number of imide groups is 1. The molecule has 18 heavy (non-hydrogen) atoms. The van der Waals surface area contributed by atoms with Crippen molar-refractivity contribution >= 4 is 18.1 Å². The van der Waals surface area contributed by atoms with Crippen LogP contribution in [0.4, 0.5) is 9.59 Å². The SMILES string of the molecule is CC(C)OC(=O)N1C(=O)[C@H](C)N1C(=O)OC(C)C. The summed E-state index contributed by atoms with van der Waals surface area (Å²) in [6.45, 7) is 8.19. The van der Waals surface area contributed by atoms with Gasteiger partial charge in [0.15, 0.2) is 0 Å². The molecule has 7 heteroatoms. The standard InChI is InChI=1S/C11H18N2O5/c1-6(2)17-10(15)12-8(5)9(14)13(12)11(16)18-7(3)4/h6-8H,1-5H3/t8-/m0/s1. The summed E-state index contributed by atoms with van der Waals surface area (Å²) >= 11 is 0. The molecule has 0 radical (unpaired) electrons. The zero-order valence-corrected chi connectivity index (χ0v) is 11.2. The number of carbonyl (C=O) groups excluding carboxylic acids is 3. The van der Waals surface area contributed by atoms with Crippen LogP contribution >= 0.6 is 0 Å². The van der Waals surface area contributed by atoms with Crippen molar-refractivity contribution in [3.05, 3.63) is 0 Å². The average molecular weight is 258 g/mol. The first kappa shape index (κ1) is 14.3. The van der Waals surface area contributed by atoms with E-state index in [2.05, 4.69) is 0 Å². The third kappa shape index (κ3) is 2.72. The average Bonchev–Trinajstić information content (AvgIpc) is 2.21. The highest BCUT2D eigenvalue weighted by Gasteiger charge is 2.51. The van der Waals surface area contributed by atoms with Crippen molar-refractivity contribution in [1.82, 2.24) is 10.0 Å². The van der Waals surface area contributed by atoms with Crippen LogP contribution in [0.5, 0.6) is 0 Å². The molecule has 102 valence electrons. The van der Waals surface area contributed by atoms with Crippen LogP contribution in [0.3, 0.4) is 0 Å². The summed E-state index contributed by atoms with van der Waals surface area (Å²) in [5.74, 6) is -0.485. The number of carbonyl (C=O) groups is 3. The quantitative estimate of drug-likeness (QED) is 0.750. The van der Waals surface area contributed by atoms with Gasteiger partial charge in [-0.2, -0.15) is 5.01 Å². The lowest BCUT2D eigenvalue weighted by molar-refractivity contribution is -0.177. The molecule has 0 bridgehead atoms. The molecule has 0 aromatic heterocycles. The fourth-order valence-electron chi connectivity index (χ4n) is 1.43. The van der Waals surface area contributed by atoms with Gasteiger partial charge in [-0.05, 0) is 34.6 Å². The van der Waals surface area contributed by atoms with Gasteiger partial charge in [0, 0.05) is 0 Å². The van der Waals surface area contributed by atoms with Crippen LogP contribution in [0.25, 0.3) is 0 Å². The minimum absolute atomic E-state index is 0.330. The summed E-state index contributed by atoms with van der Waals surface area (Å²) in [5.41, 5.74) is 0. The van der Waals surface area contributed by atoms with Crippen molar-refractivity contribution in [2.24, 2.45) is 0 Å². The molecule has 1 rings (SSSR count). The Hall–Kier alpha value is -1.79. The summed E-state index contributed by atoms with van der Waals surface area (Å²) in [6.07, 6.45) is -2.31. The van der Waals surface area contributed by atoms with Crippen molar-refractivity contribution in [2.75, 3.05) is 0 Å². The third-order valence-electron chi connectivity index (χ3n) is 2.18. The second kappa shape index (κ2) is 5.24. The first-order chi connectivity index (χ1) is 8.25. The molecule has 1 saturated heterocycles. The molecule has 0 aromatic carbocycles. The van der Waals surface area contributed by atoms with Crippen molar-refractivity contribution in [1.29, 1.82) is 0 Å². The molecule has 0 N–H and O–H groups in total. The van der Waals surface area contributed by atoms with Gasteiger partial charge in [-0.25, -0.2) is 9.59 Å². The second-order valence-corrected chi connectivity index (χ2v) is 4.54. The van der Waals surface area contributed by atoms with E-state index in [1.165, 1.54) is 6.92 Å². The minimum atomic E-state index is -0.867. The van der Waals surface area contributed by atoms with Crippen molar-refractivity contribution < 1.29 is 23.9 Å². The van der Waals surface area contributed by atoms with Crippen LogP contribution in [0.15, 0.2) is 0 Å². The molecule has 1 aliphatic heterocycles. The first-order valence-corrected chi connectivity index (χ1v) is 5.80. The van der Waals surface area contributed by atoms with Gasteiger partial charge in [-0.15, -0.1) is 5.01 Å². The van der Waals surface area contributed by atoms with Crippen molar-refractivity contribution in [2.45, 2.75) is 52.9 Å². The highest BCUT2D eigenvalue weighted by molar-refractivity contribution is 6.02. The second-order valence-electron chi connectivity index (χ2n) is 4.54. The normalized spacial score (nSPS) is 19.1. The Kier molecular flexibility index (Phi) is 4.15. The van der Waals surface area contributed by atoms with E-state index in [4.69, 9.17) is 9.47 Å². The number of amides is 3. The summed E-state index contributed by atoms with van der Waals surface area (Å²) in [4.78, 5) is 34.9. The molecule has 3 amide bonds. The molecule has 0 saturated carbocycles. The Labute approximate surface area is 106 Å². The smallest absolute Gasteiger partial charge is 0.436 e. The molecular formula is C11H18N2O5. The van der Waals surface area contributed by atoms with Gasteiger partial charge in [-0.1, -0.05) is 0 Å². The van der Waals surface area contributed by atoms with E-state index < -0.39 is 24.1 Å². The molecule has 0 unspecified atom stereocenters. The van der Waals surface area contributed by atoms with Gasteiger partial charge in [0.2, 0.25) is 0 Å². The monoisotopic (exact) mass is 258 g/mol. The molecule has 0 spiro atoms. The topological polar surface area (TPSA) is 76.2 Å². The van der Waals surface area contributed by atoms with Gasteiger partial charge in [0.05, 0.1) is 12.2 Å². The van der Waals surface area contributed by atoms with Crippen LogP contribution in [0.1, 0.15) is 34.6 Å². The zero-order valence-electron chi connectivity index (χ0n) is 11.2.